The van der Waals surface area contributed by atoms with Crippen LogP contribution >= 0.6 is 0 Å². The van der Waals surface area contributed by atoms with Gasteiger partial charge < -0.3 is 11.1 Å². The molecule has 3 nitrogen and oxygen atoms in total. The van der Waals surface area contributed by atoms with Crippen LogP contribution in [-0.4, -0.2) is 17.5 Å². The van der Waals surface area contributed by atoms with E-state index in [2.05, 4.69) is 19.2 Å². The van der Waals surface area contributed by atoms with Crippen molar-refractivity contribution in [2.24, 2.45) is 5.73 Å². The molecule has 0 aliphatic heterocycles. The van der Waals surface area contributed by atoms with Gasteiger partial charge in [0.1, 0.15) is 0 Å². The van der Waals surface area contributed by atoms with Crippen LogP contribution in [0.3, 0.4) is 0 Å². The van der Waals surface area contributed by atoms with E-state index in [4.69, 9.17) is 5.73 Å². The monoisotopic (exact) mass is 184 g/mol. The van der Waals surface area contributed by atoms with Crippen LogP contribution in [-0.2, 0) is 4.79 Å². The Kier molecular flexibility index (Phi) is 3.31. The lowest BCUT2D eigenvalue weighted by Gasteiger charge is -2.37. The molecule has 0 aromatic heterocycles. The summed E-state index contributed by atoms with van der Waals surface area (Å²) in [5.74, 6) is 0.0486. The van der Waals surface area contributed by atoms with E-state index in [1.54, 1.807) is 0 Å². The Labute approximate surface area is 80.1 Å². The van der Waals surface area contributed by atoms with Gasteiger partial charge in [-0.1, -0.05) is 13.8 Å². The number of rotatable bonds is 4. The maximum atomic E-state index is 11.6. The normalized spacial score (nSPS) is 19.7. The van der Waals surface area contributed by atoms with Crippen LogP contribution in [0.4, 0.5) is 0 Å². The fourth-order valence-electron chi connectivity index (χ4n) is 1.61. The van der Waals surface area contributed by atoms with Crippen molar-refractivity contribution in [3.05, 3.63) is 0 Å². The van der Waals surface area contributed by atoms with Crippen LogP contribution in [0.1, 0.15) is 46.0 Å². The summed E-state index contributed by atoms with van der Waals surface area (Å²) in [6.45, 7) is 4.16. The Hall–Kier alpha value is -0.570. The minimum absolute atomic E-state index is 0.0486. The highest BCUT2D eigenvalue weighted by Crippen LogP contribution is 2.29. The second-order valence-electron chi connectivity index (χ2n) is 4.00. The third-order valence-corrected chi connectivity index (χ3v) is 3.02. The van der Waals surface area contributed by atoms with Crippen molar-refractivity contribution in [2.75, 3.05) is 0 Å². The molecule has 3 heteroatoms. The molecule has 76 valence electrons. The highest BCUT2D eigenvalue weighted by molar-refractivity contribution is 5.87. The second kappa shape index (κ2) is 4.09. The molecule has 0 bridgehead atoms. The molecule has 1 aliphatic carbocycles. The second-order valence-corrected chi connectivity index (χ2v) is 4.00. The maximum absolute atomic E-state index is 11.6. The summed E-state index contributed by atoms with van der Waals surface area (Å²) in [5, 5.41) is 2.99. The summed E-state index contributed by atoms with van der Waals surface area (Å²) in [7, 11) is 0. The number of carbonyl (C=O) groups is 1. The van der Waals surface area contributed by atoms with Gasteiger partial charge in [0.2, 0.25) is 5.91 Å². The van der Waals surface area contributed by atoms with Crippen molar-refractivity contribution in [2.45, 2.75) is 57.5 Å². The van der Waals surface area contributed by atoms with Crippen molar-refractivity contribution < 1.29 is 4.79 Å². The van der Waals surface area contributed by atoms with E-state index in [1.165, 1.54) is 0 Å². The van der Waals surface area contributed by atoms with Gasteiger partial charge in [-0.25, -0.2) is 0 Å². The molecule has 0 spiro atoms. The van der Waals surface area contributed by atoms with Crippen molar-refractivity contribution in [3.63, 3.8) is 0 Å². The minimum Gasteiger partial charge on any atom is -0.352 e. The Morgan fingerprint density at radius 3 is 2.31 bits per heavy atom. The molecule has 13 heavy (non-hydrogen) atoms. The third kappa shape index (κ3) is 2.21. The van der Waals surface area contributed by atoms with Crippen LogP contribution in [0, 0.1) is 0 Å². The number of carbonyl (C=O) groups excluding carboxylic acids is 1. The number of nitrogens with one attached hydrogen (secondary N) is 1. The van der Waals surface area contributed by atoms with Gasteiger partial charge in [0.15, 0.2) is 0 Å². The first-order valence-electron chi connectivity index (χ1n) is 5.22. The first-order valence-corrected chi connectivity index (χ1v) is 5.22. The predicted octanol–water partition coefficient (Wildman–Crippen LogP) is 1.17. The van der Waals surface area contributed by atoms with Crippen LogP contribution in [0.15, 0.2) is 0 Å². The predicted molar refractivity (Wildman–Crippen MR) is 53.3 cm³/mol. The Balaban J connectivity index is 2.39. The molecule has 0 unspecified atom stereocenters. The lowest BCUT2D eigenvalue weighted by molar-refractivity contribution is -0.130. The molecule has 1 amide bonds. The van der Waals surface area contributed by atoms with Crippen LogP contribution < -0.4 is 11.1 Å². The topological polar surface area (TPSA) is 55.1 Å². The van der Waals surface area contributed by atoms with Crippen LogP contribution in [0.2, 0.25) is 0 Å². The maximum Gasteiger partial charge on any atom is 0.240 e. The molecule has 1 saturated carbocycles. The van der Waals surface area contributed by atoms with Crippen LogP contribution in [0.25, 0.3) is 0 Å². The SMILES string of the molecule is CCC(CC)NC(=O)C1(N)CCC1. The highest BCUT2D eigenvalue weighted by atomic mass is 16.2. The minimum atomic E-state index is -0.539. The highest BCUT2D eigenvalue weighted by Gasteiger charge is 2.40. The Bertz CT molecular complexity index is 183. The van der Waals surface area contributed by atoms with Gasteiger partial charge >= 0.3 is 0 Å². The smallest absolute Gasteiger partial charge is 0.240 e. The number of amides is 1. The first-order chi connectivity index (χ1) is 6.12. The zero-order valence-electron chi connectivity index (χ0n) is 8.60. The van der Waals surface area contributed by atoms with E-state index in [-0.39, 0.29) is 5.91 Å². The van der Waals surface area contributed by atoms with Gasteiger partial charge in [0.05, 0.1) is 5.54 Å². The van der Waals surface area contributed by atoms with E-state index in [9.17, 15) is 4.79 Å². The lowest BCUT2D eigenvalue weighted by atomic mass is 9.77. The van der Waals surface area contributed by atoms with E-state index in [1.807, 2.05) is 0 Å². The van der Waals surface area contributed by atoms with Crippen LogP contribution in [0.5, 0.6) is 0 Å². The van der Waals surface area contributed by atoms with Crippen molar-refractivity contribution in [1.82, 2.24) is 5.32 Å². The number of hydrogen-bond acceptors (Lipinski definition) is 2. The molecule has 0 atom stereocenters. The summed E-state index contributed by atoms with van der Waals surface area (Å²) in [6, 6.07) is 0.300. The van der Waals surface area contributed by atoms with E-state index in [0.717, 1.165) is 32.1 Å². The molecule has 1 rings (SSSR count). The largest absolute Gasteiger partial charge is 0.352 e. The Morgan fingerprint density at radius 1 is 1.46 bits per heavy atom. The van der Waals surface area contributed by atoms with Gasteiger partial charge in [0, 0.05) is 6.04 Å². The Morgan fingerprint density at radius 2 is 2.00 bits per heavy atom. The standard InChI is InChI=1S/C10H20N2O/c1-3-8(4-2)12-9(13)10(11)6-5-7-10/h8H,3-7,11H2,1-2H3,(H,12,13). The van der Waals surface area contributed by atoms with Gasteiger partial charge in [-0.15, -0.1) is 0 Å². The van der Waals surface area contributed by atoms with Gasteiger partial charge in [-0.3, -0.25) is 4.79 Å². The molecule has 0 radical (unpaired) electrons. The fourth-order valence-corrected chi connectivity index (χ4v) is 1.61. The molecule has 1 aliphatic rings. The van der Waals surface area contributed by atoms with E-state index < -0.39 is 5.54 Å². The number of nitrogens with two attached hydrogens (primary N) is 1. The molecule has 3 N–H and O–H groups in total. The van der Waals surface area contributed by atoms with E-state index in [0.29, 0.717) is 6.04 Å². The van der Waals surface area contributed by atoms with Crippen molar-refractivity contribution in [1.29, 1.82) is 0 Å². The van der Waals surface area contributed by atoms with Gasteiger partial charge in [0.25, 0.3) is 0 Å². The summed E-state index contributed by atoms with van der Waals surface area (Å²) < 4.78 is 0. The number of hydrogen-bond donors (Lipinski definition) is 2. The average Bonchev–Trinajstić information content (AvgIpc) is 2.09. The van der Waals surface area contributed by atoms with Gasteiger partial charge in [-0.05, 0) is 32.1 Å². The summed E-state index contributed by atoms with van der Waals surface area (Å²) >= 11 is 0. The molecule has 1 fully saturated rings. The average molecular weight is 184 g/mol. The zero-order chi connectivity index (χ0) is 9.90. The molecule has 0 heterocycles. The van der Waals surface area contributed by atoms with Crippen molar-refractivity contribution in [3.8, 4) is 0 Å². The molecule has 0 saturated heterocycles. The fraction of sp³-hybridized carbons (Fsp3) is 0.900. The van der Waals surface area contributed by atoms with Crippen molar-refractivity contribution >= 4 is 5.91 Å². The molecular formula is C10H20N2O. The first kappa shape index (κ1) is 10.5. The molecule has 0 aromatic carbocycles. The lowest BCUT2D eigenvalue weighted by Crippen LogP contribution is -2.60. The zero-order valence-corrected chi connectivity index (χ0v) is 8.60. The molecule has 0 aromatic rings. The molecular weight excluding hydrogens is 164 g/mol. The quantitative estimate of drug-likeness (QED) is 0.689. The summed E-state index contributed by atoms with van der Waals surface area (Å²) in [4.78, 5) is 11.6. The third-order valence-electron chi connectivity index (χ3n) is 3.02. The van der Waals surface area contributed by atoms with Gasteiger partial charge in [-0.2, -0.15) is 0 Å². The van der Waals surface area contributed by atoms with E-state index >= 15 is 0 Å². The summed E-state index contributed by atoms with van der Waals surface area (Å²) in [6.07, 6.45) is 4.75. The summed E-state index contributed by atoms with van der Waals surface area (Å²) in [5.41, 5.74) is 5.35.